The third-order valence-corrected chi connectivity index (χ3v) is 5.46. The van der Waals surface area contributed by atoms with Gasteiger partial charge in [0.1, 0.15) is 0 Å². The monoisotopic (exact) mass is 400 g/mol. The first kappa shape index (κ1) is 19.9. The van der Waals surface area contributed by atoms with E-state index in [4.69, 9.17) is 0 Å². The molecule has 5 nitrogen and oxygen atoms in total. The van der Waals surface area contributed by atoms with E-state index in [-0.39, 0.29) is 11.8 Å². The second-order valence-electron chi connectivity index (χ2n) is 7.58. The van der Waals surface area contributed by atoms with Crippen LogP contribution in [0, 0.1) is 0 Å². The molecule has 5 heteroatoms. The first-order chi connectivity index (χ1) is 14.7. The first-order valence-electron chi connectivity index (χ1n) is 10.3. The second-order valence-corrected chi connectivity index (χ2v) is 7.58. The van der Waals surface area contributed by atoms with E-state index in [0.29, 0.717) is 19.6 Å². The highest BCUT2D eigenvalue weighted by molar-refractivity contribution is 5.94. The fourth-order valence-corrected chi connectivity index (χ4v) is 3.77. The van der Waals surface area contributed by atoms with Crippen LogP contribution >= 0.6 is 0 Å². The summed E-state index contributed by atoms with van der Waals surface area (Å²) in [6, 6.07) is 27.4. The fourth-order valence-electron chi connectivity index (χ4n) is 3.77. The summed E-state index contributed by atoms with van der Waals surface area (Å²) in [6.07, 6.45) is 0. The highest BCUT2D eigenvalue weighted by Gasteiger charge is 2.25. The molecule has 2 amide bonds. The molecule has 0 aromatic heterocycles. The minimum Gasteiger partial charge on any atom is -0.327 e. The van der Waals surface area contributed by atoms with Crippen molar-refractivity contribution in [3.8, 4) is 11.1 Å². The third kappa shape index (κ3) is 4.93. The van der Waals surface area contributed by atoms with E-state index in [1.807, 2.05) is 77.7 Å². The first-order valence-corrected chi connectivity index (χ1v) is 10.3. The molecule has 0 atom stereocenters. The van der Waals surface area contributed by atoms with Gasteiger partial charge in [-0.1, -0.05) is 60.7 Å². The lowest BCUT2D eigenvalue weighted by molar-refractivity contribution is -0.895. The van der Waals surface area contributed by atoms with Crippen LogP contribution in [0.25, 0.3) is 11.1 Å². The van der Waals surface area contributed by atoms with E-state index in [9.17, 15) is 9.59 Å². The Morgan fingerprint density at radius 2 is 1.33 bits per heavy atom. The van der Waals surface area contributed by atoms with Crippen LogP contribution in [0.2, 0.25) is 0 Å². The van der Waals surface area contributed by atoms with Gasteiger partial charge in [-0.25, -0.2) is 0 Å². The van der Waals surface area contributed by atoms with Crippen molar-refractivity contribution < 1.29 is 14.5 Å². The van der Waals surface area contributed by atoms with Crippen molar-refractivity contribution in [2.75, 3.05) is 38.0 Å². The Morgan fingerprint density at radius 3 is 1.97 bits per heavy atom. The normalized spacial score (nSPS) is 14.3. The number of amides is 2. The maximum Gasteiger partial charge on any atom is 0.279 e. The summed E-state index contributed by atoms with van der Waals surface area (Å²) < 4.78 is 0. The molecule has 0 bridgehead atoms. The van der Waals surface area contributed by atoms with Crippen molar-refractivity contribution >= 4 is 17.5 Å². The molecule has 152 valence electrons. The van der Waals surface area contributed by atoms with Crippen LogP contribution < -0.4 is 10.2 Å². The zero-order chi connectivity index (χ0) is 20.8. The van der Waals surface area contributed by atoms with Gasteiger partial charge < -0.3 is 15.1 Å². The van der Waals surface area contributed by atoms with Crippen LogP contribution in [0.1, 0.15) is 10.4 Å². The Labute approximate surface area is 176 Å². The lowest BCUT2D eigenvalue weighted by Gasteiger charge is -2.32. The smallest absolute Gasteiger partial charge is 0.279 e. The highest BCUT2D eigenvalue weighted by atomic mass is 16.2. The average Bonchev–Trinajstić information content (AvgIpc) is 2.81. The van der Waals surface area contributed by atoms with Crippen LogP contribution in [0.3, 0.4) is 0 Å². The zero-order valence-electron chi connectivity index (χ0n) is 16.9. The Hall–Kier alpha value is -3.44. The highest BCUT2D eigenvalue weighted by Crippen LogP contribution is 2.20. The van der Waals surface area contributed by atoms with Gasteiger partial charge >= 0.3 is 0 Å². The molecule has 3 aromatic carbocycles. The van der Waals surface area contributed by atoms with Crippen LogP contribution in [-0.4, -0.2) is 49.4 Å². The number of hydrogen-bond acceptors (Lipinski definition) is 2. The van der Waals surface area contributed by atoms with Gasteiger partial charge in [0.25, 0.3) is 11.8 Å². The third-order valence-electron chi connectivity index (χ3n) is 5.46. The van der Waals surface area contributed by atoms with Crippen molar-refractivity contribution in [1.82, 2.24) is 4.90 Å². The largest absolute Gasteiger partial charge is 0.327 e. The van der Waals surface area contributed by atoms with Crippen LogP contribution in [0.5, 0.6) is 0 Å². The summed E-state index contributed by atoms with van der Waals surface area (Å²) in [4.78, 5) is 28.1. The number of carbonyl (C=O) groups is 2. The lowest BCUT2D eigenvalue weighted by atomic mass is 10.1. The molecule has 30 heavy (non-hydrogen) atoms. The van der Waals surface area contributed by atoms with E-state index in [0.717, 1.165) is 35.5 Å². The van der Waals surface area contributed by atoms with Crippen molar-refractivity contribution in [2.45, 2.75) is 0 Å². The molecule has 4 rings (SSSR count). The van der Waals surface area contributed by atoms with E-state index >= 15 is 0 Å². The molecule has 1 fully saturated rings. The molecule has 1 aliphatic heterocycles. The summed E-state index contributed by atoms with van der Waals surface area (Å²) in [6.45, 7) is 3.30. The molecule has 2 N–H and O–H groups in total. The summed E-state index contributed by atoms with van der Waals surface area (Å²) in [5.74, 6) is 0.0675. The van der Waals surface area contributed by atoms with Gasteiger partial charge in [0.15, 0.2) is 6.54 Å². The van der Waals surface area contributed by atoms with Crippen molar-refractivity contribution in [3.05, 3.63) is 90.5 Å². The number of hydrogen-bond donors (Lipinski definition) is 2. The Morgan fingerprint density at radius 1 is 0.767 bits per heavy atom. The lowest BCUT2D eigenvalue weighted by Crippen LogP contribution is -3.15. The van der Waals surface area contributed by atoms with Gasteiger partial charge in [-0.2, -0.15) is 0 Å². The molecular formula is C25H26N3O2+. The zero-order valence-corrected chi connectivity index (χ0v) is 16.9. The number of nitrogens with zero attached hydrogens (tertiary/aromatic N) is 1. The van der Waals surface area contributed by atoms with E-state index < -0.39 is 0 Å². The molecule has 1 heterocycles. The SMILES string of the molecule is O=C(C[NH+]1CCN(C(=O)c2ccccc2)CC1)Nc1ccc(-c2ccccc2)cc1. The molecular weight excluding hydrogens is 374 g/mol. The summed E-state index contributed by atoms with van der Waals surface area (Å²) in [5, 5.41) is 2.99. The standard InChI is InChI=1S/C25H25N3O2/c29-24(26-23-13-11-21(12-14-23)20-7-3-1-4-8-20)19-27-15-17-28(18-16-27)25(30)22-9-5-2-6-10-22/h1-14H,15-19H2,(H,26,29)/p+1. The molecule has 0 unspecified atom stereocenters. The number of rotatable bonds is 5. The van der Waals surface area contributed by atoms with Gasteiger partial charge in [-0.05, 0) is 35.4 Å². The molecule has 0 radical (unpaired) electrons. The number of piperazine rings is 1. The molecule has 0 spiro atoms. The van der Waals surface area contributed by atoms with Crippen molar-refractivity contribution in [1.29, 1.82) is 0 Å². The second kappa shape index (κ2) is 9.37. The Bertz CT molecular complexity index is 980. The summed E-state index contributed by atoms with van der Waals surface area (Å²) >= 11 is 0. The fraction of sp³-hybridized carbons (Fsp3) is 0.200. The topological polar surface area (TPSA) is 53.9 Å². The number of quaternary nitrogens is 1. The summed E-state index contributed by atoms with van der Waals surface area (Å²) in [7, 11) is 0. The van der Waals surface area contributed by atoms with Crippen molar-refractivity contribution in [3.63, 3.8) is 0 Å². The van der Waals surface area contributed by atoms with Gasteiger partial charge in [0.2, 0.25) is 0 Å². The number of benzene rings is 3. The van der Waals surface area contributed by atoms with Crippen molar-refractivity contribution in [2.24, 2.45) is 0 Å². The molecule has 1 aliphatic rings. The van der Waals surface area contributed by atoms with Gasteiger partial charge in [-0.3, -0.25) is 9.59 Å². The van der Waals surface area contributed by atoms with Gasteiger partial charge in [0.05, 0.1) is 26.2 Å². The van der Waals surface area contributed by atoms with Gasteiger partial charge in [-0.15, -0.1) is 0 Å². The number of carbonyl (C=O) groups excluding carboxylic acids is 2. The van der Waals surface area contributed by atoms with E-state index in [2.05, 4.69) is 17.4 Å². The average molecular weight is 401 g/mol. The van der Waals surface area contributed by atoms with Crippen LogP contribution in [0.4, 0.5) is 5.69 Å². The van der Waals surface area contributed by atoms with E-state index in [1.165, 1.54) is 4.90 Å². The predicted octanol–water partition coefficient (Wildman–Crippen LogP) is 2.33. The van der Waals surface area contributed by atoms with Crippen LogP contribution in [-0.2, 0) is 4.79 Å². The predicted molar refractivity (Wildman–Crippen MR) is 118 cm³/mol. The minimum absolute atomic E-state index is 0.000275. The van der Waals surface area contributed by atoms with E-state index in [1.54, 1.807) is 0 Å². The maximum absolute atomic E-state index is 12.5. The number of anilines is 1. The summed E-state index contributed by atoms with van der Waals surface area (Å²) in [5.41, 5.74) is 3.80. The Balaban J connectivity index is 1.26. The van der Waals surface area contributed by atoms with Gasteiger partial charge in [0, 0.05) is 11.3 Å². The quantitative estimate of drug-likeness (QED) is 0.691. The molecule has 1 saturated heterocycles. The Kier molecular flexibility index (Phi) is 6.20. The van der Waals surface area contributed by atoms with Crippen LogP contribution in [0.15, 0.2) is 84.9 Å². The number of nitrogens with one attached hydrogen (secondary N) is 2. The molecule has 0 aliphatic carbocycles. The minimum atomic E-state index is 0.000275. The molecule has 0 saturated carbocycles. The molecule has 3 aromatic rings. The maximum atomic E-state index is 12.5.